The number of hydrogen-bond acceptors (Lipinski definition) is 3. The molecule has 1 aromatic carbocycles. The number of hydrogen-bond donors (Lipinski definition) is 0. The Hall–Kier alpha value is -2.17. The number of para-hydroxylation sites is 1. The zero-order chi connectivity index (χ0) is 14.7. The number of carbonyl (C=O) groups is 1. The number of carbonyl (C=O) groups excluding carboxylic acids is 1. The van der Waals surface area contributed by atoms with Gasteiger partial charge in [-0.15, -0.1) is 0 Å². The standard InChI is InChI=1S/C16H19N3O2/c20-15-12-17-19(14-7-3-2-6-13(14)15)11-8-16(21)18-9-4-1-5-10-18/h2-3,6-7,12H,1,4-5,8-11H2. The van der Waals surface area contributed by atoms with Crippen LogP contribution in [0.1, 0.15) is 25.7 Å². The zero-order valence-electron chi connectivity index (χ0n) is 12.0. The molecule has 0 atom stereocenters. The minimum absolute atomic E-state index is 0.0794. The van der Waals surface area contributed by atoms with Crippen LogP contribution in [0.5, 0.6) is 0 Å². The highest BCUT2D eigenvalue weighted by Crippen LogP contribution is 2.12. The van der Waals surface area contributed by atoms with Gasteiger partial charge in [-0.1, -0.05) is 12.1 Å². The van der Waals surface area contributed by atoms with Crippen LogP contribution in [0.2, 0.25) is 0 Å². The first-order valence-electron chi connectivity index (χ1n) is 7.48. The SMILES string of the molecule is O=C(CCn1ncc(=O)c2ccccc21)N1CCCCC1. The van der Waals surface area contributed by atoms with E-state index in [2.05, 4.69) is 5.10 Å². The molecule has 1 aliphatic rings. The van der Waals surface area contributed by atoms with Gasteiger partial charge in [0.2, 0.25) is 11.3 Å². The van der Waals surface area contributed by atoms with Crippen LogP contribution in [0.3, 0.4) is 0 Å². The Morgan fingerprint density at radius 2 is 1.90 bits per heavy atom. The molecule has 0 radical (unpaired) electrons. The molecule has 0 unspecified atom stereocenters. The second-order valence-electron chi connectivity index (χ2n) is 5.44. The van der Waals surface area contributed by atoms with E-state index < -0.39 is 0 Å². The van der Waals surface area contributed by atoms with Crippen LogP contribution >= 0.6 is 0 Å². The van der Waals surface area contributed by atoms with Gasteiger partial charge in [0.05, 0.1) is 18.3 Å². The lowest BCUT2D eigenvalue weighted by molar-refractivity contribution is -0.132. The smallest absolute Gasteiger partial charge is 0.224 e. The van der Waals surface area contributed by atoms with Crippen LogP contribution in [-0.2, 0) is 11.3 Å². The molecule has 0 N–H and O–H groups in total. The summed E-state index contributed by atoms with van der Waals surface area (Å²) in [6.07, 6.45) is 5.18. The van der Waals surface area contributed by atoms with Crippen LogP contribution in [0, 0.1) is 0 Å². The molecule has 1 aliphatic heterocycles. The summed E-state index contributed by atoms with van der Waals surface area (Å²) in [7, 11) is 0. The molecule has 0 aliphatic carbocycles. The Morgan fingerprint density at radius 1 is 1.14 bits per heavy atom. The molecule has 1 saturated heterocycles. The number of nitrogens with zero attached hydrogens (tertiary/aromatic N) is 3. The molecule has 3 rings (SSSR count). The average Bonchev–Trinajstić information content (AvgIpc) is 2.55. The topological polar surface area (TPSA) is 55.2 Å². The number of amides is 1. The summed E-state index contributed by atoms with van der Waals surface area (Å²) in [5.74, 6) is 0.180. The minimum Gasteiger partial charge on any atom is -0.343 e. The molecule has 1 aromatic heterocycles. The molecule has 1 amide bonds. The maximum atomic E-state index is 12.2. The van der Waals surface area contributed by atoms with Gasteiger partial charge in [-0.05, 0) is 31.4 Å². The van der Waals surface area contributed by atoms with Gasteiger partial charge in [0.25, 0.3) is 0 Å². The van der Waals surface area contributed by atoms with Crippen molar-refractivity contribution in [3.63, 3.8) is 0 Å². The Bertz CT molecular complexity index is 702. The fourth-order valence-electron chi connectivity index (χ4n) is 2.84. The van der Waals surface area contributed by atoms with Crippen molar-refractivity contribution in [1.29, 1.82) is 0 Å². The molecule has 2 heterocycles. The number of likely N-dealkylation sites (tertiary alicyclic amines) is 1. The lowest BCUT2D eigenvalue weighted by Crippen LogP contribution is -2.36. The predicted octanol–water partition coefficient (Wildman–Crippen LogP) is 1.80. The Labute approximate surface area is 123 Å². The summed E-state index contributed by atoms with van der Waals surface area (Å²) in [6.45, 7) is 2.25. The molecule has 5 heteroatoms. The van der Waals surface area contributed by atoms with Crippen LogP contribution < -0.4 is 5.43 Å². The van der Waals surface area contributed by atoms with Crippen LogP contribution in [0.25, 0.3) is 10.9 Å². The van der Waals surface area contributed by atoms with Crippen molar-refractivity contribution in [1.82, 2.24) is 14.7 Å². The van der Waals surface area contributed by atoms with Crippen molar-refractivity contribution >= 4 is 16.8 Å². The second-order valence-corrected chi connectivity index (χ2v) is 5.44. The first kappa shape index (κ1) is 13.8. The fraction of sp³-hybridized carbons (Fsp3) is 0.438. The van der Waals surface area contributed by atoms with E-state index in [1.165, 1.54) is 12.6 Å². The van der Waals surface area contributed by atoms with Crippen molar-refractivity contribution in [2.75, 3.05) is 13.1 Å². The molecular weight excluding hydrogens is 266 g/mol. The Morgan fingerprint density at radius 3 is 2.71 bits per heavy atom. The maximum absolute atomic E-state index is 12.2. The van der Waals surface area contributed by atoms with Crippen LogP contribution in [0.15, 0.2) is 35.3 Å². The largest absolute Gasteiger partial charge is 0.343 e. The summed E-state index contributed by atoms with van der Waals surface area (Å²) in [5, 5.41) is 4.81. The van der Waals surface area contributed by atoms with Gasteiger partial charge >= 0.3 is 0 Å². The molecule has 0 spiro atoms. The lowest BCUT2D eigenvalue weighted by atomic mass is 10.1. The van der Waals surface area contributed by atoms with Gasteiger partial charge < -0.3 is 4.90 Å². The Kier molecular flexibility index (Phi) is 3.99. The predicted molar refractivity (Wildman–Crippen MR) is 81.1 cm³/mol. The van der Waals surface area contributed by atoms with E-state index in [1.54, 1.807) is 10.7 Å². The number of benzene rings is 1. The van der Waals surface area contributed by atoms with Crippen molar-refractivity contribution in [3.8, 4) is 0 Å². The van der Waals surface area contributed by atoms with E-state index in [-0.39, 0.29) is 11.3 Å². The lowest BCUT2D eigenvalue weighted by Gasteiger charge is -2.26. The Balaban J connectivity index is 1.75. The third-order valence-corrected chi connectivity index (χ3v) is 4.01. The van der Waals surface area contributed by atoms with Crippen molar-refractivity contribution in [3.05, 3.63) is 40.7 Å². The molecule has 1 fully saturated rings. The van der Waals surface area contributed by atoms with E-state index in [1.807, 2.05) is 23.1 Å². The number of aryl methyl sites for hydroxylation is 1. The van der Waals surface area contributed by atoms with E-state index in [0.29, 0.717) is 18.4 Å². The normalized spacial score (nSPS) is 15.3. The first-order chi connectivity index (χ1) is 10.3. The van der Waals surface area contributed by atoms with Gasteiger partial charge in [0.15, 0.2) is 0 Å². The average molecular weight is 285 g/mol. The van der Waals surface area contributed by atoms with Gasteiger partial charge in [0.1, 0.15) is 0 Å². The summed E-state index contributed by atoms with van der Waals surface area (Å²) >= 11 is 0. The van der Waals surface area contributed by atoms with E-state index in [4.69, 9.17) is 0 Å². The van der Waals surface area contributed by atoms with Crippen molar-refractivity contribution in [2.45, 2.75) is 32.2 Å². The highest BCUT2D eigenvalue weighted by Gasteiger charge is 2.16. The summed E-state index contributed by atoms with van der Waals surface area (Å²) in [6, 6.07) is 7.39. The fourth-order valence-corrected chi connectivity index (χ4v) is 2.84. The third kappa shape index (κ3) is 2.96. The summed E-state index contributed by atoms with van der Waals surface area (Å²) < 4.78 is 1.75. The molecule has 5 nitrogen and oxygen atoms in total. The number of piperidine rings is 1. The molecule has 0 bridgehead atoms. The first-order valence-corrected chi connectivity index (χ1v) is 7.48. The second kappa shape index (κ2) is 6.08. The van der Waals surface area contributed by atoms with Gasteiger partial charge in [0, 0.05) is 24.9 Å². The van der Waals surface area contributed by atoms with Crippen LogP contribution in [0.4, 0.5) is 0 Å². The van der Waals surface area contributed by atoms with E-state index in [9.17, 15) is 9.59 Å². The number of rotatable bonds is 3. The highest BCUT2D eigenvalue weighted by molar-refractivity contribution is 5.79. The van der Waals surface area contributed by atoms with Gasteiger partial charge in [-0.2, -0.15) is 5.10 Å². The molecular formula is C16H19N3O2. The van der Waals surface area contributed by atoms with E-state index >= 15 is 0 Å². The molecule has 2 aromatic rings. The third-order valence-electron chi connectivity index (χ3n) is 4.01. The summed E-state index contributed by atoms with van der Waals surface area (Å²) in [4.78, 5) is 25.9. The number of aromatic nitrogens is 2. The van der Waals surface area contributed by atoms with Crippen molar-refractivity contribution < 1.29 is 4.79 Å². The maximum Gasteiger partial charge on any atom is 0.224 e. The van der Waals surface area contributed by atoms with E-state index in [0.717, 1.165) is 31.4 Å². The zero-order valence-corrected chi connectivity index (χ0v) is 12.0. The van der Waals surface area contributed by atoms with Gasteiger partial charge in [-0.3, -0.25) is 14.3 Å². The molecule has 21 heavy (non-hydrogen) atoms. The quantitative estimate of drug-likeness (QED) is 0.864. The minimum atomic E-state index is -0.0794. The van der Waals surface area contributed by atoms with Gasteiger partial charge in [-0.25, -0.2) is 0 Å². The monoisotopic (exact) mass is 285 g/mol. The molecule has 0 saturated carbocycles. The molecule has 110 valence electrons. The van der Waals surface area contributed by atoms with Crippen LogP contribution in [-0.4, -0.2) is 33.7 Å². The number of fused-ring (bicyclic) bond motifs is 1. The van der Waals surface area contributed by atoms with Crippen molar-refractivity contribution in [2.24, 2.45) is 0 Å². The summed E-state index contributed by atoms with van der Waals surface area (Å²) in [5.41, 5.74) is 0.709. The highest BCUT2D eigenvalue weighted by atomic mass is 16.2.